The van der Waals surface area contributed by atoms with Crippen molar-refractivity contribution in [1.82, 2.24) is 4.57 Å². The molecule has 3 aromatic rings. The van der Waals surface area contributed by atoms with Gasteiger partial charge in [-0.25, -0.2) is 0 Å². The van der Waals surface area contributed by atoms with Crippen LogP contribution in [0.2, 0.25) is 0 Å². The third-order valence-electron chi connectivity index (χ3n) is 5.08. The van der Waals surface area contributed by atoms with Gasteiger partial charge in [-0.05, 0) is 53.8 Å². The van der Waals surface area contributed by atoms with Gasteiger partial charge in [0.25, 0.3) is 0 Å². The highest BCUT2D eigenvalue weighted by atomic mass is 16.1. The second kappa shape index (κ2) is 7.12. The average Bonchev–Trinajstić information content (AvgIpc) is 3.10. The van der Waals surface area contributed by atoms with Crippen LogP contribution in [0, 0.1) is 5.92 Å². The highest BCUT2D eigenvalue weighted by molar-refractivity contribution is 6.09. The van der Waals surface area contributed by atoms with E-state index in [-0.39, 0.29) is 0 Å². The first-order valence-corrected chi connectivity index (χ1v) is 9.13. The minimum Gasteiger partial charge on any atom is -0.343 e. The zero-order valence-corrected chi connectivity index (χ0v) is 14.9. The molecule has 2 heterocycles. The Morgan fingerprint density at radius 1 is 1.15 bits per heavy atom. The fourth-order valence-electron chi connectivity index (χ4n) is 3.42. The van der Waals surface area contributed by atoms with E-state index in [1.807, 2.05) is 18.2 Å². The van der Waals surface area contributed by atoms with Gasteiger partial charge in [-0.3, -0.25) is 9.79 Å². The van der Waals surface area contributed by atoms with E-state index in [0.29, 0.717) is 11.5 Å². The molecule has 0 amide bonds. The maximum Gasteiger partial charge on any atom is 0.150 e. The van der Waals surface area contributed by atoms with Crippen molar-refractivity contribution in [2.24, 2.45) is 10.9 Å². The van der Waals surface area contributed by atoms with E-state index in [1.54, 1.807) is 0 Å². The zero-order valence-electron chi connectivity index (χ0n) is 14.9. The lowest BCUT2D eigenvalue weighted by Gasteiger charge is -2.14. The summed E-state index contributed by atoms with van der Waals surface area (Å²) >= 11 is 0. The average molecular weight is 342 g/mol. The Kier molecular flexibility index (Phi) is 4.53. The van der Waals surface area contributed by atoms with Crippen LogP contribution in [0.15, 0.2) is 71.9 Å². The number of allylic oxidation sites excluding steroid dienone is 1. The molecule has 26 heavy (non-hydrogen) atoms. The van der Waals surface area contributed by atoms with Gasteiger partial charge in [0.05, 0.1) is 5.71 Å². The Balaban J connectivity index is 1.52. The number of dihydropyridines is 1. The Morgan fingerprint density at radius 2 is 2.00 bits per heavy atom. The van der Waals surface area contributed by atoms with Crippen molar-refractivity contribution < 1.29 is 4.79 Å². The number of carbonyl (C=O) groups excluding carboxylic acids is 1. The van der Waals surface area contributed by atoms with Gasteiger partial charge >= 0.3 is 0 Å². The van der Waals surface area contributed by atoms with Crippen molar-refractivity contribution >= 4 is 22.9 Å². The van der Waals surface area contributed by atoms with Gasteiger partial charge in [-0.1, -0.05) is 37.3 Å². The number of hydrogen-bond acceptors (Lipinski definition) is 2. The van der Waals surface area contributed by atoms with Gasteiger partial charge in [0, 0.05) is 35.8 Å². The van der Waals surface area contributed by atoms with Crippen LogP contribution in [-0.2, 0) is 6.54 Å². The lowest BCUT2D eigenvalue weighted by atomic mass is 9.99. The van der Waals surface area contributed by atoms with Crippen LogP contribution in [0.5, 0.6) is 0 Å². The quantitative estimate of drug-likeness (QED) is 0.608. The molecule has 0 radical (unpaired) electrons. The molecule has 1 atom stereocenters. The normalized spacial score (nSPS) is 16.7. The van der Waals surface area contributed by atoms with Crippen LogP contribution >= 0.6 is 0 Å². The largest absolute Gasteiger partial charge is 0.343 e. The van der Waals surface area contributed by atoms with E-state index in [1.165, 1.54) is 11.1 Å². The summed E-state index contributed by atoms with van der Waals surface area (Å²) in [7, 11) is 0. The number of aliphatic imine (C=N–C) groups is 1. The Labute approximate surface area is 153 Å². The molecule has 0 saturated heterocycles. The highest BCUT2D eigenvalue weighted by Crippen LogP contribution is 2.19. The number of aldehydes is 1. The molecule has 1 aromatic heterocycles. The summed E-state index contributed by atoms with van der Waals surface area (Å²) < 4.78 is 2.21. The van der Waals surface area contributed by atoms with Gasteiger partial charge in [0.2, 0.25) is 0 Å². The first-order valence-electron chi connectivity index (χ1n) is 9.13. The monoisotopic (exact) mass is 342 g/mol. The first kappa shape index (κ1) is 16.5. The molecule has 1 aliphatic heterocycles. The van der Waals surface area contributed by atoms with Crippen LogP contribution in [0.3, 0.4) is 0 Å². The van der Waals surface area contributed by atoms with Crippen molar-refractivity contribution in [1.29, 1.82) is 0 Å². The molecule has 0 N–H and O–H groups in total. The van der Waals surface area contributed by atoms with E-state index in [2.05, 4.69) is 60.2 Å². The molecular weight excluding hydrogens is 320 g/mol. The van der Waals surface area contributed by atoms with Crippen molar-refractivity contribution in [3.05, 3.63) is 83.6 Å². The van der Waals surface area contributed by atoms with Crippen LogP contribution < -0.4 is 0 Å². The standard InChI is InChI=1S/C23H22N2O/c1-2-17-5-9-22(24-14-17)20-7-3-18(4-8-20)15-25-12-11-21-13-19(16-26)6-10-23(21)25/h3-13,16-17H,2,14-15H2,1H3. The predicted octanol–water partition coefficient (Wildman–Crippen LogP) is 4.89. The van der Waals surface area contributed by atoms with Crippen LogP contribution in [-0.4, -0.2) is 23.1 Å². The van der Waals surface area contributed by atoms with Gasteiger partial charge in [-0.2, -0.15) is 0 Å². The minimum absolute atomic E-state index is 0.583. The van der Waals surface area contributed by atoms with Crippen molar-refractivity contribution in [3.8, 4) is 0 Å². The molecule has 0 saturated carbocycles. The van der Waals surface area contributed by atoms with E-state index in [4.69, 9.17) is 4.99 Å². The summed E-state index contributed by atoms with van der Waals surface area (Å²) in [5, 5.41) is 1.10. The van der Waals surface area contributed by atoms with E-state index in [9.17, 15) is 4.79 Å². The van der Waals surface area contributed by atoms with E-state index < -0.39 is 0 Å². The zero-order chi connectivity index (χ0) is 17.9. The van der Waals surface area contributed by atoms with Gasteiger partial charge in [0.1, 0.15) is 6.29 Å². The van der Waals surface area contributed by atoms with Gasteiger partial charge < -0.3 is 4.57 Å². The molecule has 1 aliphatic rings. The summed E-state index contributed by atoms with van der Waals surface area (Å²) in [6.07, 6.45) is 8.53. The van der Waals surface area contributed by atoms with Crippen molar-refractivity contribution in [2.45, 2.75) is 19.9 Å². The summed E-state index contributed by atoms with van der Waals surface area (Å²) in [5.74, 6) is 0.583. The number of nitrogens with zero attached hydrogens (tertiary/aromatic N) is 2. The third kappa shape index (κ3) is 3.25. The molecule has 130 valence electrons. The van der Waals surface area contributed by atoms with Crippen LogP contribution in [0.25, 0.3) is 10.9 Å². The first-order chi connectivity index (χ1) is 12.8. The van der Waals surface area contributed by atoms with Crippen LogP contribution in [0.4, 0.5) is 0 Å². The molecule has 3 nitrogen and oxygen atoms in total. The number of hydrogen-bond donors (Lipinski definition) is 0. The predicted molar refractivity (Wildman–Crippen MR) is 107 cm³/mol. The number of fused-ring (bicyclic) bond motifs is 1. The lowest BCUT2D eigenvalue weighted by molar-refractivity contribution is 0.112. The smallest absolute Gasteiger partial charge is 0.150 e. The number of carbonyl (C=O) groups is 1. The maximum absolute atomic E-state index is 10.9. The maximum atomic E-state index is 10.9. The Morgan fingerprint density at radius 3 is 2.69 bits per heavy atom. The molecule has 0 bridgehead atoms. The summed E-state index contributed by atoms with van der Waals surface area (Å²) in [4.78, 5) is 15.6. The number of aromatic nitrogens is 1. The molecule has 0 aliphatic carbocycles. The molecule has 4 rings (SSSR count). The number of rotatable bonds is 5. The molecular formula is C23H22N2O. The Hall–Kier alpha value is -2.94. The SMILES string of the molecule is CCC1C=CC(c2ccc(Cn3ccc4cc(C=O)ccc43)cc2)=NC1. The van der Waals surface area contributed by atoms with Gasteiger partial charge in [0.15, 0.2) is 0 Å². The molecule has 0 spiro atoms. The molecule has 1 unspecified atom stereocenters. The highest BCUT2D eigenvalue weighted by Gasteiger charge is 2.09. The van der Waals surface area contributed by atoms with E-state index in [0.717, 1.165) is 42.4 Å². The fourth-order valence-corrected chi connectivity index (χ4v) is 3.42. The lowest BCUT2D eigenvalue weighted by Crippen LogP contribution is -2.10. The van der Waals surface area contributed by atoms with Gasteiger partial charge in [-0.15, -0.1) is 0 Å². The second-order valence-electron chi connectivity index (χ2n) is 6.83. The summed E-state index contributed by atoms with van der Waals surface area (Å²) in [5.41, 5.74) is 5.36. The fraction of sp³-hybridized carbons (Fsp3) is 0.217. The molecule has 0 fully saturated rings. The molecule has 2 aromatic carbocycles. The topological polar surface area (TPSA) is 34.4 Å². The summed E-state index contributed by atoms with van der Waals surface area (Å²) in [6, 6.07) is 16.5. The van der Waals surface area contributed by atoms with Crippen molar-refractivity contribution in [2.75, 3.05) is 6.54 Å². The second-order valence-corrected chi connectivity index (χ2v) is 6.83. The van der Waals surface area contributed by atoms with E-state index >= 15 is 0 Å². The third-order valence-corrected chi connectivity index (χ3v) is 5.08. The summed E-state index contributed by atoms with van der Waals surface area (Å²) in [6.45, 7) is 3.90. The van der Waals surface area contributed by atoms with Crippen molar-refractivity contribution in [3.63, 3.8) is 0 Å². The Bertz CT molecular complexity index is 993. The molecule has 3 heteroatoms. The number of benzene rings is 2. The van der Waals surface area contributed by atoms with Crippen LogP contribution in [0.1, 0.15) is 34.8 Å². The minimum atomic E-state index is 0.583.